The lowest BCUT2D eigenvalue weighted by atomic mass is 10.2. The number of hydrogen-bond acceptors (Lipinski definition) is 2. The van der Waals surface area contributed by atoms with Gasteiger partial charge >= 0.3 is 0 Å². The van der Waals surface area contributed by atoms with E-state index in [-0.39, 0.29) is 11.1 Å². The summed E-state index contributed by atoms with van der Waals surface area (Å²) in [7, 11) is 1.68. The largest absolute Gasteiger partial charge is 0.375 e. The van der Waals surface area contributed by atoms with Crippen molar-refractivity contribution in [3.8, 4) is 0 Å². The fraction of sp³-hybridized carbons (Fsp3) is 1.00. The molecule has 0 N–H and O–H groups in total. The molecule has 54 valence electrons. The van der Waals surface area contributed by atoms with Gasteiger partial charge in [0.05, 0.1) is 6.10 Å². The molecule has 2 unspecified atom stereocenters. The van der Waals surface area contributed by atoms with Crippen LogP contribution < -0.4 is 0 Å². The first-order valence-corrected chi connectivity index (χ1v) is 4.04. The molecule has 3 heteroatoms. The first-order chi connectivity index (χ1) is 4.34. The van der Waals surface area contributed by atoms with Crippen molar-refractivity contribution in [1.29, 1.82) is 0 Å². The first kappa shape index (κ1) is 7.51. The van der Waals surface area contributed by atoms with Crippen LogP contribution in [-0.4, -0.2) is 24.8 Å². The molecule has 1 rings (SSSR count). The van der Waals surface area contributed by atoms with E-state index in [2.05, 4.69) is 15.9 Å². The van der Waals surface area contributed by atoms with Crippen LogP contribution in [0.15, 0.2) is 0 Å². The van der Waals surface area contributed by atoms with E-state index in [1.54, 1.807) is 7.11 Å². The lowest BCUT2D eigenvalue weighted by molar-refractivity contribution is 0.0228. The van der Waals surface area contributed by atoms with Crippen LogP contribution in [0.5, 0.6) is 0 Å². The second-order valence-electron chi connectivity index (χ2n) is 2.14. The molecule has 2 nitrogen and oxygen atoms in total. The minimum atomic E-state index is 0.0833. The van der Waals surface area contributed by atoms with Crippen LogP contribution in [0.1, 0.15) is 12.8 Å². The van der Waals surface area contributed by atoms with Gasteiger partial charge in [0.25, 0.3) is 0 Å². The van der Waals surface area contributed by atoms with Crippen LogP contribution >= 0.6 is 15.9 Å². The fourth-order valence-electron chi connectivity index (χ4n) is 0.961. The summed E-state index contributed by atoms with van der Waals surface area (Å²) in [6, 6.07) is 0. The third kappa shape index (κ3) is 1.92. The first-order valence-electron chi connectivity index (χ1n) is 3.13. The van der Waals surface area contributed by atoms with Crippen molar-refractivity contribution in [2.45, 2.75) is 24.0 Å². The molecule has 9 heavy (non-hydrogen) atoms. The summed E-state index contributed by atoms with van der Waals surface area (Å²) in [5, 5.41) is 0.0833. The molecule has 2 atom stereocenters. The van der Waals surface area contributed by atoms with E-state index < -0.39 is 0 Å². The van der Waals surface area contributed by atoms with Crippen LogP contribution in [0, 0.1) is 0 Å². The number of rotatable bonds is 2. The molecule has 1 heterocycles. The Balaban J connectivity index is 2.24. The molecule has 1 aliphatic heterocycles. The molecule has 0 spiro atoms. The van der Waals surface area contributed by atoms with Crippen molar-refractivity contribution in [2.75, 3.05) is 13.7 Å². The molecule has 0 saturated carbocycles. The lowest BCUT2D eigenvalue weighted by Gasteiger charge is -2.13. The Morgan fingerprint density at radius 3 is 3.00 bits per heavy atom. The van der Waals surface area contributed by atoms with Crippen LogP contribution in [0.3, 0.4) is 0 Å². The Kier molecular flexibility index (Phi) is 2.95. The summed E-state index contributed by atoms with van der Waals surface area (Å²) >= 11 is 3.36. The van der Waals surface area contributed by atoms with Gasteiger partial charge in [-0.25, -0.2) is 0 Å². The minimum Gasteiger partial charge on any atom is -0.375 e. The summed E-state index contributed by atoms with van der Waals surface area (Å²) in [6.45, 7) is 0.885. The SMILES string of the molecule is COC(Br)C1CCCO1. The van der Waals surface area contributed by atoms with Crippen molar-refractivity contribution in [3.63, 3.8) is 0 Å². The van der Waals surface area contributed by atoms with E-state index in [1.807, 2.05) is 0 Å². The molecule has 0 radical (unpaired) electrons. The maximum absolute atomic E-state index is 5.33. The topological polar surface area (TPSA) is 18.5 Å². The van der Waals surface area contributed by atoms with Crippen molar-refractivity contribution in [1.82, 2.24) is 0 Å². The maximum Gasteiger partial charge on any atom is 0.138 e. The molecule has 0 aliphatic carbocycles. The number of alkyl halides is 1. The third-order valence-corrected chi connectivity index (χ3v) is 2.45. The highest BCUT2D eigenvalue weighted by Gasteiger charge is 2.22. The van der Waals surface area contributed by atoms with Gasteiger partial charge in [-0.05, 0) is 12.8 Å². The molecule has 0 aromatic carbocycles. The van der Waals surface area contributed by atoms with E-state index >= 15 is 0 Å². The quantitative estimate of drug-likeness (QED) is 0.622. The molecule has 0 bridgehead atoms. The summed E-state index contributed by atoms with van der Waals surface area (Å²) in [6.07, 6.45) is 2.55. The molecule has 1 saturated heterocycles. The third-order valence-electron chi connectivity index (χ3n) is 1.48. The molecule has 0 aromatic heterocycles. The molecular weight excluding hydrogens is 184 g/mol. The van der Waals surface area contributed by atoms with Gasteiger partial charge in [-0.1, -0.05) is 15.9 Å². The predicted octanol–water partition coefficient (Wildman–Crippen LogP) is 1.53. The van der Waals surface area contributed by atoms with Crippen molar-refractivity contribution in [2.24, 2.45) is 0 Å². The molecular formula is C6H11BrO2. The Hall–Kier alpha value is 0.400. The highest BCUT2D eigenvalue weighted by Crippen LogP contribution is 2.20. The number of methoxy groups -OCH3 is 1. The lowest BCUT2D eigenvalue weighted by Crippen LogP contribution is -2.20. The van der Waals surface area contributed by atoms with Gasteiger partial charge in [0.15, 0.2) is 0 Å². The highest BCUT2D eigenvalue weighted by molar-refractivity contribution is 9.09. The number of hydrogen-bond donors (Lipinski definition) is 0. The zero-order valence-electron chi connectivity index (χ0n) is 5.47. The Labute approximate surface area is 63.7 Å². The van der Waals surface area contributed by atoms with Gasteiger partial charge in [-0.15, -0.1) is 0 Å². The Morgan fingerprint density at radius 1 is 1.78 bits per heavy atom. The molecule has 0 aromatic rings. The second kappa shape index (κ2) is 3.54. The van der Waals surface area contributed by atoms with E-state index in [1.165, 1.54) is 0 Å². The Bertz CT molecular complexity index is 81.1. The van der Waals surface area contributed by atoms with E-state index in [0.29, 0.717) is 0 Å². The van der Waals surface area contributed by atoms with Gasteiger partial charge in [-0.2, -0.15) is 0 Å². The summed E-state index contributed by atoms with van der Waals surface area (Å²) in [4.78, 5) is 0. The average molecular weight is 195 g/mol. The van der Waals surface area contributed by atoms with Crippen molar-refractivity contribution >= 4 is 15.9 Å². The zero-order valence-corrected chi connectivity index (χ0v) is 7.06. The zero-order chi connectivity index (χ0) is 6.69. The van der Waals surface area contributed by atoms with Gasteiger partial charge < -0.3 is 9.47 Å². The highest BCUT2D eigenvalue weighted by atomic mass is 79.9. The predicted molar refractivity (Wildman–Crippen MR) is 38.7 cm³/mol. The van der Waals surface area contributed by atoms with Crippen molar-refractivity contribution < 1.29 is 9.47 Å². The van der Waals surface area contributed by atoms with Crippen molar-refractivity contribution in [3.05, 3.63) is 0 Å². The monoisotopic (exact) mass is 194 g/mol. The normalized spacial score (nSPS) is 30.7. The summed E-state index contributed by atoms with van der Waals surface area (Å²) in [5.74, 6) is 0. The van der Waals surface area contributed by atoms with Crippen LogP contribution in [-0.2, 0) is 9.47 Å². The van der Waals surface area contributed by atoms with Gasteiger partial charge in [-0.3, -0.25) is 0 Å². The second-order valence-corrected chi connectivity index (χ2v) is 3.04. The number of ether oxygens (including phenoxy) is 2. The maximum atomic E-state index is 5.33. The van der Waals surface area contributed by atoms with Gasteiger partial charge in [0.1, 0.15) is 5.01 Å². The van der Waals surface area contributed by atoms with Gasteiger partial charge in [0.2, 0.25) is 0 Å². The van der Waals surface area contributed by atoms with E-state index in [0.717, 1.165) is 19.4 Å². The minimum absolute atomic E-state index is 0.0833. The molecule has 0 amide bonds. The molecule has 1 fully saturated rings. The Morgan fingerprint density at radius 2 is 2.56 bits per heavy atom. The van der Waals surface area contributed by atoms with E-state index in [4.69, 9.17) is 9.47 Å². The molecule has 1 aliphatic rings. The van der Waals surface area contributed by atoms with Crippen LogP contribution in [0.4, 0.5) is 0 Å². The van der Waals surface area contributed by atoms with Crippen LogP contribution in [0.25, 0.3) is 0 Å². The van der Waals surface area contributed by atoms with Gasteiger partial charge in [0, 0.05) is 13.7 Å². The average Bonchev–Trinajstić information content (AvgIpc) is 2.37. The standard InChI is InChI=1S/C6H11BrO2/c1-8-6(7)5-3-2-4-9-5/h5-6H,2-4H2,1H3. The summed E-state index contributed by atoms with van der Waals surface area (Å²) < 4.78 is 10.4. The smallest absolute Gasteiger partial charge is 0.138 e. The fourth-order valence-corrected chi connectivity index (χ4v) is 1.38. The van der Waals surface area contributed by atoms with E-state index in [9.17, 15) is 0 Å². The van der Waals surface area contributed by atoms with Crippen LogP contribution in [0.2, 0.25) is 0 Å². The number of halogens is 1. The summed E-state index contributed by atoms with van der Waals surface area (Å²) in [5.41, 5.74) is 0.